The fourth-order valence-electron chi connectivity index (χ4n) is 2.29. The number of rotatable bonds is 1. The topological polar surface area (TPSA) is 31.4 Å². The van der Waals surface area contributed by atoms with E-state index in [2.05, 4.69) is 39.8 Å². The number of fused-ring (bicyclic) bond motifs is 2. The van der Waals surface area contributed by atoms with Crippen LogP contribution in [0.3, 0.4) is 0 Å². The van der Waals surface area contributed by atoms with E-state index in [9.17, 15) is 0 Å². The summed E-state index contributed by atoms with van der Waals surface area (Å²) in [5.74, 6) is 0. The van der Waals surface area contributed by atoms with Crippen LogP contribution in [0.5, 0.6) is 0 Å². The van der Waals surface area contributed by atoms with Crippen molar-refractivity contribution >= 4 is 25.9 Å². The summed E-state index contributed by atoms with van der Waals surface area (Å²) in [4.78, 5) is 4.75. The predicted molar refractivity (Wildman–Crippen MR) is 84.3 cm³/mol. The third kappa shape index (κ3) is 3.03. The van der Waals surface area contributed by atoms with Crippen LogP contribution in [0, 0.1) is 0 Å². The number of pyridine rings is 1. The Morgan fingerprint density at radius 1 is 0.762 bits per heavy atom. The molecule has 110 valence electrons. The van der Waals surface area contributed by atoms with Gasteiger partial charge in [0.15, 0.2) is 0 Å². The maximum atomic E-state index is 6.46. The Labute approximate surface area is 135 Å². The molecule has 3 nitrogen and oxygen atoms in total. The molecule has 0 aliphatic carbocycles. The molecule has 1 aliphatic rings. The van der Waals surface area contributed by atoms with Crippen molar-refractivity contribution in [3.63, 3.8) is 0 Å². The van der Waals surface area contributed by atoms with Crippen LogP contribution in [0.25, 0.3) is 0 Å². The van der Waals surface area contributed by atoms with E-state index in [0.717, 1.165) is 11.4 Å². The Balaban J connectivity index is 2.08. The number of aromatic nitrogens is 1. The molecule has 1 aromatic heterocycles. The molecular formula is C17H20BiNO2. The fourth-order valence-corrected chi connectivity index (χ4v) is 8.82. The van der Waals surface area contributed by atoms with Crippen LogP contribution in [-0.2, 0) is 16.8 Å². The summed E-state index contributed by atoms with van der Waals surface area (Å²) in [6, 6.07) is 16.5. The summed E-state index contributed by atoms with van der Waals surface area (Å²) in [7, 11) is 0. The monoisotopic (exact) mass is 479 g/mol. The number of benzene rings is 1. The van der Waals surface area contributed by atoms with Crippen molar-refractivity contribution in [3.8, 4) is 0 Å². The van der Waals surface area contributed by atoms with Crippen LogP contribution < -0.4 is 3.27 Å². The van der Waals surface area contributed by atoms with Gasteiger partial charge in [0.1, 0.15) is 0 Å². The molecule has 0 unspecified atom stereocenters. The van der Waals surface area contributed by atoms with Crippen molar-refractivity contribution in [2.75, 3.05) is 0 Å². The van der Waals surface area contributed by atoms with Gasteiger partial charge in [0.05, 0.1) is 0 Å². The van der Waals surface area contributed by atoms with Gasteiger partial charge in [-0.05, 0) is 0 Å². The molecule has 0 amide bonds. The third-order valence-electron chi connectivity index (χ3n) is 3.57. The molecule has 0 saturated carbocycles. The Morgan fingerprint density at radius 2 is 1.29 bits per heavy atom. The summed E-state index contributed by atoms with van der Waals surface area (Å²) in [6.45, 7) is 8.30. The van der Waals surface area contributed by atoms with E-state index in [1.54, 1.807) is 0 Å². The van der Waals surface area contributed by atoms with Crippen molar-refractivity contribution in [2.24, 2.45) is 0 Å². The van der Waals surface area contributed by atoms with Crippen LogP contribution in [0.4, 0.5) is 0 Å². The second-order valence-corrected chi connectivity index (χ2v) is 11.6. The molecule has 3 rings (SSSR count). The standard InChI is InChI=1S/C11H15NO2.C6H5.Bi/c1-10(2,13)8-6-5-7-9(12-8)11(3,4)14;1-2-4-6-5-3-1;/h5-7H,1-4H3;1-5H;/q-2;;+2. The second kappa shape index (κ2) is 5.42. The van der Waals surface area contributed by atoms with E-state index in [1.165, 1.54) is 3.27 Å². The second-order valence-electron chi connectivity index (χ2n) is 6.20. The summed E-state index contributed by atoms with van der Waals surface area (Å²) >= 11 is -2.77. The normalized spacial score (nSPS) is 20.6. The van der Waals surface area contributed by atoms with E-state index in [-0.39, 0.29) is 0 Å². The zero-order valence-corrected chi connectivity index (χ0v) is 16.3. The number of nitrogens with zero attached hydrogens (tertiary/aromatic N) is 1. The van der Waals surface area contributed by atoms with Gasteiger partial charge in [-0.25, -0.2) is 0 Å². The van der Waals surface area contributed by atoms with E-state index in [4.69, 9.17) is 10.6 Å². The molecule has 2 aromatic rings. The molecule has 0 atom stereocenters. The van der Waals surface area contributed by atoms with E-state index < -0.39 is 33.8 Å². The molecule has 0 N–H and O–H groups in total. The first-order chi connectivity index (χ1) is 9.88. The maximum absolute atomic E-state index is 6.46. The Hall–Kier alpha value is -0.827. The van der Waals surface area contributed by atoms with Crippen LogP contribution >= 0.6 is 0 Å². The average Bonchev–Trinajstić information content (AvgIpc) is 2.46. The number of hydrogen-bond acceptors (Lipinski definition) is 3. The van der Waals surface area contributed by atoms with E-state index >= 15 is 0 Å². The Morgan fingerprint density at radius 3 is 1.81 bits per heavy atom. The van der Waals surface area contributed by atoms with Crippen LogP contribution in [0.2, 0.25) is 0 Å². The number of hydrogen-bond donors (Lipinski definition) is 0. The zero-order chi connectivity index (χ0) is 15.1. The molecule has 1 aromatic carbocycles. The van der Waals surface area contributed by atoms with Gasteiger partial charge >= 0.3 is 135 Å². The van der Waals surface area contributed by atoms with Gasteiger partial charge in [0.2, 0.25) is 0 Å². The van der Waals surface area contributed by atoms with E-state index in [0.29, 0.717) is 0 Å². The summed E-state index contributed by atoms with van der Waals surface area (Å²) in [6.07, 6.45) is 0. The first-order valence-electron chi connectivity index (χ1n) is 7.10. The van der Waals surface area contributed by atoms with Crippen LogP contribution in [0.15, 0.2) is 48.5 Å². The van der Waals surface area contributed by atoms with Crippen molar-refractivity contribution in [2.45, 2.75) is 38.9 Å². The van der Waals surface area contributed by atoms with Gasteiger partial charge in [-0.1, -0.05) is 0 Å². The van der Waals surface area contributed by atoms with Gasteiger partial charge < -0.3 is 0 Å². The molecule has 4 heteroatoms. The first-order valence-corrected chi connectivity index (χ1v) is 11.7. The quantitative estimate of drug-likeness (QED) is 0.590. The molecule has 0 saturated heterocycles. The van der Waals surface area contributed by atoms with E-state index in [1.807, 2.05) is 36.4 Å². The molecule has 0 spiro atoms. The third-order valence-corrected chi connectivity index (χ3v) is 11.2. The fraction of sp³-hybridized carbons (Fsp3) is 0.353. The molecule has 2 bridgehead atoms. The zero-order valence-electron chi connectivity index (χ0n) is 12.8. The molecule has 21 heavy (non-hydrogen) atoms. The molecule has 1 aliphatic heterocycles. The van der Waals surface area contributed by atoms with Crippen LogP contribution in [-0.4, -0.2) is 27.6 Å². The SMILES string of the molecule is CC1(C)[O][Bi]([c]2ccccc2)[O]C(C)(C)c2cccc1n2. The summed E-state index contributed by atoms with van der Waals surface area (Å²) < 4.78 is 14.1. The summed E-state index contributed by atoms with van der Waals surface area (Å²) in [5.41, 5.74) is 1.13. The minimum absolute atomic E-state index is 0.416. The van der Waals surface area contributed by atoms with Gasteiger partial charge in [-0.2, -0.15) is 0 Å². The Bertz CT molecular complexity index is 607. The van der Waals surface area contributed by atoms with Crippen LogP contribution in [0.1, 0.15) is 39.1 Å². The van der Waals surface area contributed by atoms with Gasteiger partial charge in [-0.3, -0.25) is 0 Å². The minimum atomic E-state index is -2.77. The molecule has 0 radical (unpaired) electrons. The van der Waals surface area contributed by atoms with Crippen molar-refractivity contribution < 1.29 is 5.63 Å². The van der Waals surface area contributed by atoms with Crippen molar-refractivity contribution in [1.82, 2.24) is 4.98 Å². The average molecular weight is 479 g/mol. The predicted octanol–water partition coefficient (Wildman–Crippen LogP) is 2.99. The molecular weight excluding hydrogens is 459 g/mol. The summed E-state index contributed by atoms with van der Waals surface area (Å²) in [5, 5.41) is 0. The molecule has 2 heterocycles. The van der Waals surface area contributed by atoms with Crippen molar-refractivity contribution in [1.29, 1.82) is 0 Å². The van der Waals surface area contributed by atoms with Gasteiger partial charge in [-0.15, -0.1) is 0 Å². The van der Waals surface area contributed by atoms with Gasteiger partial charge in [0.25, 0.3) is 0 Å². The molecule has 0 fully saturated rings. The van der Waals surface area contributed by atoms with Crippen molar-refractivity contribution in [3.05, 3.63) is 59.9 Å². The first kappa shape index (κ1) is 15.1. The Kier molecular flexibility index (Phi) is 3.89. The van der Waals surface area contributed by atoms with Gasteiger partial charge in [0, 0.05) is 0 Å².